The molecule has 3 aromatic rings. The van der Waals surface area contributed by atoms with Crippen LogP contribution in [0.4, 0.5) is 14.5 Å². The molecule has 2 aromatic carbocycles. The van der Waals surface area contributed by atoms with Crippen LogP contribution >= 0.6 is 0 Å². The van der Waals surface area contributed by atoms with Crippen molar-refractivity contribution in [2.75, 3.05) is 11.4 Å². The van der Waals surface area contributed by atoms with Crippen LogP contribution in [-0.2, 0) is 10.0 Å². The van der Waals surface area contributed by atoms with Crippen LogP contribution in [0.1, 0.15) is 0 Å². The standard InChI is InChI=1S/C15H11F2N3O3S/c1-20(9-2-4-12(16)13(17)6-9)24(22,23)10-3-5-14-11(7-10)15(21)19-8-18-14/h2-8H,1H3,(H,18,19,21). The molecule has 124 valence electrons. The number of nitrogens with zero attached hydrogens (tertiary/aromatic N) is 2. The maximum absolute atomic E-state index is 13.3. The van der Waals surface area contributed by atoms with E-state index < -0.39 is 27.2 Å². The fourth-order valence-corrected chi connectivity index (χ4v) is 3.40. The van der Waals surface area contributed by atoms with Gasteiger partial charge in [0.05, 0.1) is 27.8 Å². The molecular formula is C15H11F2N3O3S. The monoisotopic (exact) mass is 351 g/mol. The fraction of sp³-hybridized carbons (Fsp3) is 0.0667. The molecular weight excluding hydrogens is 340 g/mol. The maximum atomic E-state index is 13.3. The quantitative estimate of drug-likeness (QED) is 0.783. The SMILES string of the molecule is CN(c1ccc(F)c(F)c1)S(=O)(=O)c1ccc2nc[nH]c(=O)c2c1. The van der Waals surface area contributed by atoms with Gasteiger partial charge in [-0.2, -0.15) is 0 Å². The van der Waals surface area contributed by atoms with Gasteiger partial charge in [0, 0.05) is 13.1 Å². The molecule has 0 atom stereocenters. The number of fused-ring (bicyclic) bond motifs is 1. The Labute approximate surface area is 135 Å². The number of benzene rings is 2. The Morgan fingerprint density at radius 2 is 1.83 bits per heavy atom. The normalized spacial score (nSPS) is 11.6. The van der Waals surface area contributed by atoms with Gasteiger partial charge < -0.3 is 4.98 Å². The van der Waals surface area contributed by atoms with E-state index in [1.807, 2.05) is 0 Å². The number of hydrogen-bond acceptors (Lipinski definition) is 4. The highest BCUT2D eigenvalue weighted by Gasteiger charge is 2.23. The molecule has 0 unspecified atom stereocenters. The summed E-state index contributed by atoms with van der Waals surface area (Å²) in [6.45, 7) is 0. The zero-order valence-electron chi connectivity index (χ0n) is 12.3. The van der Waals surface area contributed by atoms with Crippen LogP contribution in [-0.4, -0.2) is 25.4 Å². The van der Waals surface area contributed by atoms with E-state index in [0.29, 0.717) is 5.52 Å². The van der Waals surface area contributed by atoms with Crippen molar-refractivity contribution < 1.29 is 17.2 Å². The van der Waals surface area contributed by atoms with Gasteiger partial charge in [-0.1, -0.05) is 0 Å². The fourth-order valence-electron chi connectivity index (χ4n) is 2.19. The second-order valence-electron chi connectivity index (χ2n) is 4.98. The highest BCUT2D eigenvalue weighted by atomic mass is 32.2. The van der Waals surface area contributed by atoms with Gasteiger partial charge in [0.1, 0.15) is 0 Å². The molecule has 24 heavy (non-hydrogen) atoms. The molecule has 0 radical (unpaired) electrons. The number of hydrogen-bond donors (Lipinski definition) is 1. The number of H-pyrrole nitrogens is 1. The molecule has 0 spiro atoms. The molecule has 3 rings (SSSR count). The Hall–Kier alpha value is -2.81. The van der Waals surface area contributed by atoms with E-state index >= 15 is 0 Å². The van der Waals surface area contributed by atoms with Gasteiger partial charge >= 0.3 is 0 Å². The third-order valence-corrected chi connectivity index (χ3v) is 5.32. The molecule has 9 heteroatoms. The van der Waals surface area contributed by atoms with Crippen LogP contribution in [0.15, 0.2) is 52.4 Å². The predicted molar refractivity (Wildman–Crippen MR) is 84.3 cm³/mol. The molecule has 0 aliphatic rings. The molecule has 0 saturated heterocycles. The van der Waals surface area contributed by atoms with Gasteiger partial charge in [-0.3, -0.25) is 9.10 Å². The summed E-state index contributed by atoms with van der Waals surface area (Å²) < 4.78 is 52.5. The molecule has 0 bridgehead atoms. The van der Waals surface area contributed by atoms with Crippen LogP contribution < -0.4 is 9.86 Å². The number of anilines is 1. The van der Waals surface area contributed by atoms with Crippen molar-refractivity contribution in [3.8, 4) is 0 Å². The summed E-state index contributed by atoms with van der Waals surface area (Å²) in [4.78, 5) is 17.9. The Kier molecular flexibility index (Phi) is 3.80. The van der Waals surface area contributed by atoms with Gasteiger partial charge in [-0.25, -0.2) is 22.2 Å². The van der Waals surface area contributed by atoms with E-state index in [9.17, 15) is 22.0 Å². The van der Waals surface area contributed by atoms with Crippen molar-refractivity contribution in [1.29, 1.82) is 0 Å². The summed E-state index contributed by atoms with van der Waals surface area (Å²) in [5, 5.41) is 0.109. The first-order valence-electron chi connectivity index (χ1n) is 6.72. The molecule has 0 amide bonds. The van der Waals surface area contributed by atoms with Gasteiger partial charge in [0.2, 0.25) is 0 Å². The Morgan fingerprint density at radius 3 is 2.54 bits per heavy atom. The number of sulfonamides is 1. The number of aromatic amines is 1. The van der Waals surface area contributed by atoms with Crippen molar-refractivity contribution in [2.45, 2.75) is 4.90 Å². The summed E-state index contributed by atoms with van der Waals surface area (Å²) in [5.41, 5.74) is -0.185. The molecule has 1 aromatic heterocycles. The van der Waals surface area contributed by atoms with Crippen LogP contribution in [0.25, 0.3) is 10.9 Å². The van der Waals surface area contributed by atoms with Gasteiger partial charge in [0.15, 0.2) is 11.6 Å². The predicted octanol–water partition coefficient (Wildman–Crippen LogP) is 2.03. The first-order chi connectivity index (χ1) is 11.3. The van der Waals surface area contributed by atoms with Crippen LogP contribution in [0.2, 0.25) is 0 Å². The first kappa shape index (κ1) is 16.1. The molecule has 1 N–H and O–H groups in total. The average Bonchev–Trinajstić information content (AvgIpc) is 2.56. The number of rotatable bonds is 3. The van der Waals surface area contributed by atoms with Gasteiger partial charge in [-0.05, 0) is 30.3 Å². The Bertz CT molecular complexity index is 1100. The van der Waals surface area contributed by atoms with Crippen molar-refractivity contribution >= 4 is 26.6 Å². The van der Waals surface area contributed by atoms with Crippen molar-refractivity contribution in [2.24, 2.45) is 0 Å². The van der Waals surface area contributed by atoms with Gasteiger partial charge in [-0.15, -0.1) is 0 Å². The van der Waals surface area contributed by atoms with E-state index in [1.54, 1.807) is 0 Å². The van der Waals surface area contributed by atoms with E-state index in [0.717, 1.165) is 22.5 Å². The number of nitrogens with one attached hydrogen (secondary N) is 1. The minimum atomic E-state index is -4.07. The number of aromatic nitrogens is 2. The lowest BCUT2D eigenvalue weighted by atomic mass is 10.2. The van der Waals surface area contributed by atoms with E-state index in [-0.39, 0.29) is 16.0 Å². The van der Waals surface area contributed by atoms with Gasteiger partial charge in [0.25, 0.3) is 15.6 Å². The molecule has 1 heterocycles. The second kappa shape index (κ2) is 5.68. The molecule has 0 aliphatic heterocycles. The summed E-state index contributed by atoms with van der Waals surface area (Å²) in [5.74, 6) is -2.23. The van der Waals surface area contributed by atoms with Crippen LogP contribution in [0.5, 0.6) is 0 Å². The molecule has 0 saturated carbocycles. The minimum Gasteiger partial charge on any atom is -0.313 e. The lowest BCUT2D eigenvalue weighted by Gasteiger charge is -2.19. The number of halogens is 2. The Morgan fingerprint density at radius 1 is 1.08 bits per heavy atom. The molecule has 0 aliphatic carbocycles. The highest BCUT2D eigenvalue weighted by Crippen LogP contribution is 2.24. The maximum Gasteiger partial charge on any atom is 0.264 e. The second-order valence-corrected chi connectivity index (χ2v) is 6.95. The first-order valence-corrected chi connectivity index (χ1v) is 8.16. The molecule has 6 nitrogen and oxygen atoms in total. The van der Waals surface area contributed by atoms with Crippen LogP contribution in [0, 0.1) is 11.6 Å². The minimum absolute atomic E-state index is 0.0471. The summed E-state index contributed by atoms with van der Waals surface area (Å²) in [6, 6.07) is 6.64. The van der Waals surface area contributed by atoms with E-state index in [4.69, 9.17) is 0 Å². The lowest BCUT2D eigenvalue weighted by Crippen LogP contribution is -2.27. The summed E-state index contributed by atoms with van der Waals surface area (Å²) in [6.07, 6.45) is 1.21. The van der Waals surface area contributed by atoms with Crippen LogP contribution in [0.3, 0.4) is 0 Å². The average molecular weight is 351 g/mol. The van der Waals surface area contributed by atoms with Crippen molar-refractivity contribution in [3.63, 3.8) is 0 Å². The highest BCUT2D eigenvalue weighted by molar-refractivity contribution is 7.92. The third-order valence-electron chi connectivity index (χ3n) is 3.54. The lowest BCUT2D eigenvalue weighted by molar-refractivity contribution is 0.509. The Balaban J connectivity index is 2.11. The van der Waals surface area contributed by atoms with E-state index in [2.05, 4.69) is 9.97 Å². The van der Waals surface area contributed by atoms with Crippen molar-refractivity contribution in [1.82, 2.24) is 9.97 Å². The van der Waals surface area contributed by atoms with Crippen molar-refractivity contribution in [3.05, 3.63) is 64.7 Å². The zero-order valence-corrected chi connectivity index (χ0v) is 13.1. The third kappa shape index (κ3) is 2.62. The largest absolute Gasteiger partial charge is 0.313 e. The summed E-state index contributed by atoms with van der Waals surface area (Å²) >= 11 is 0. The van der Waals surface area contributed by atoms with E-state index in [1.165, 1.54) is 31.6 Å². The smallest absolute Gasteiger partial charge is 0.264 e. The topological polar surface area (TPSA) is 83.1 Å². The molecule has 0 fully saturated rings. The summed E-state index contributed by atoms with van der Waals surface area (Å²) in [7, 11) is -2.86. The zero-order chi connectivity index (χ0) is 17.5.